The zero-order valence-corrected chi connectivity index (χ0v) is 12.3. The molecule has 0 N–H and O–H groups in total. The molecule has 0 atom stereocenters. The molecule has 17 heavy (non-hydrogen) atoms. The van der Waals surface area contributed by atoms with Crippen LogP contribution >= 0.6 is 27.5 Å². The first-order valence-electron chi connectivity index (χ1n) is 4.63. The van der Waals surface area contributed by atoms with Crippen LogP contribution in [0.5, 0.6) is 5.75 Å². The van der Waals surface area contributed by atoms with E-state index in [0.717, 1.165) is 0 Å². The van der Waals surface area contributed by atoms with E-state index >= 15 is 0 Å². The van der Waals surface area contributed by atoms with Crippen molar-refractivity contribution in [3.8, 4) is 5.75 Å². The van der Waals surface area contributed by atoms with E-state index in [1.807, 2.05) is 0 Å². The van der Waals surface area contributed by atoms with E-state index < -0.39 is 15.1 Å². The molecule has 0 radical (unpaired) electrons. The van der Waals surface area contributed by atoms with Crippen molar-refractivity contribution >= 4 is 42.6 Å². The SMILES string of the molecule is CCS(=O)(=O)c1cc(Br)c(OC)c(C(=O)Cl)c1. The number of hydrogen-bond acceptors (Lipinski definition) is 4. The number of halogens is 2. The van der Waals surface area contributed by atoms with E-state index in [1.165, 1.54) is 26.2 Å². The molecular weight excluding hydrogens is 332 g/mol. The lowest BCUT2D eigenvalue weighted by atomic mass is 10.2. The van der Waals surface area contributed by atoms with Gasteiger partial charge in [-0.3, -0.25) is 4.79 Å². The molecule has 0 aliphatic heterocycles. The molecule has 0 saturated heterocycles. The van der Waals surface area contributed by atoms with E-state index in [1.54, 1.807) is 0 Å². The summed E-state index contributed by atoms with van der Waals surface area (Å²) in [5.74, 6) is 0.168. The highest BCUT2D eigenvalue weighted by Crippen LogP contribution is 2.33. The average Bonchev–Trinajstić information content (AvgIpc) is 2.27. The fourth-order valence-electron chi connectivity index (χ4n) is 1.27. The summed E-state index contributed by atoms with van der Waals surface area (Å²) in [6, 6.07) is 2.61. The third-order valence-corrected chi connectivity index (χ3v) is 4.68. The monoisotopic (exact) mass is 340 g/mol. The maximum atomic E-state index is 11.7. The van der Waals surface area contributed by atoms with Gasteiger partial charge < -0.3 is 4.74 Å². The van der Waals surface area contributed by atoms with Crippen molar-refractivity contribution < 1.29 is 17.9 Å². The smallest absolute Gasteiger partial charge is 0.256 e. The summed E-state index contributed by atoms with van der Waals surface area (Å²) in [5.41, 5.74) is 0.0237. The predicted octanol–water partition coefficient (Wildman–Crippen LogP) is 2.63. The highest BCUT2D eigenvalue weighted by atomic mass is 79.9. The van der Waals surface area contributed by atoms with Crippen LogP contribution in [0.4, 0.5) is 0 Å². The van der Waals surface area contributed by atoms with Gasteiger partial charge in [-0.05, 0) is 39.7 Å². The summed E-state index contributed by atoms with van der Waals surface area (Å²) in [7, 11) is -2.03. The molecule has 0 fully saturated rings. The Morgan fingerprint density at radius 1 is 1.47 bits per heavy atom. The fourth-order valence-corrected chi connectivity index (χ4v) is 3.11. The Morgan fingerprint density at radius 3 is 2.47 bits per heavy atom. The van der Waals surface area contributed by atoms with Crippen molar-refractivity contribution in [1.29, 1.82) is 0 Å². The maximum Gasteiger partial charge on any atom is 0.256 e. The number of rotatable bonds is 4. The van der Waals surface area contributed by atoms with Gasteiger partial charge in [-0.15, -0.1) is 0 Å². The lowest BCUT2D eigenvalue weighted by molar-refractivity contribution is 0.107. The third-order valence-electron chi connectivity index (χ3n) is 2.17. The molecule has 0 aromatic heterocycles. The average molecular weight is 342 g/mol. The molecule has 94 valence electrons. The van der Waals surface area contributed by atoms with Gasteiger partial charge in [0.1, 0.15) is 5.75 Å². The zero-order chi connectivity index (χ0) is 13.2. The first-order chi connectivity index (χ1) is 7.83. The normalized spacial score (nSPS) is 11.3. The van der Waals surface area contributed by atoms with E-state index in [4.69, 9.17) is 16.3 Å². The van der Waals surface area contributed by atoms with Gasteiger partial charge in [0, 0.05) is 0 Å². The second-order valence-electron chi connectivity index (χ2n) is 3.16. The van der Waals surface area contributed by atoms with Crippen molar-refractivity contribution in [3.63, 3.8) is 0 Å². The molecule has 0 aliphatic rings. The number of methoxy groups -OCH3 is 1. The fraction of sp³-hybridized carbons (Fsp3) is 0.300. The quantitative estimate of drug-likeness (QED) is 0.790. The highest BCUT2D eigenvalue weighted by molar-refractivity contribution is 9.10. The molecule has 4 nitrogen and oxygen atoms in total. The molecule has 0 unspecified atom stereocenters. The molecule has 0 spiro atoms. The van der Waals surface area contributed by atoms with Crippen LogP contribution < -0.4 is 4.74 Å². The Kier molecular flexibility index (Phi) is 4.57. The van der Waals surface area contributed by atoms with Crippen LogP contribution in [0.15, 0.2) is 21.5 Å². The topological polar surface area (TPSA) is 60.4 Å². The maximum absolute atomic E-state index is 11.7. The molecule has 7 heteroatoms. The van der Waals surface area contributed by atoms with Gasteiger partial charge >= 0.3 is 0 Å². The standard InChI is InChI=1S/C10H10BrClO4S/c1-3-17(14,15)6-4-7(10(12)13)9(16-2)8(11)5-6/h4-5H,3H2,1-2H3. The highest BCUT2D eigenvalue weighted by Gasteiger charge is 2.20. The Bertz CT molecular complexity index is 554. The molecule has 1 aromatic carbocycles. The molecule has 0 saturated carbocycles. The van der Waals surface area contributed by atoms with Gasteiger partial charge in [-0.1, -0.05) is 6.92 Å². The van der Waals surface area contributed by atoms with Crippen LogP contribution in [-0.4, -0.2) is 26.5 Å². The summed E-state index contributed by atoms with van der Waals surface area (Å²) in [4.78, 5) is 11.3. The summed E-state index contributed by atoms with van der Waals surface area (Å²) in [5, 5.41) is -0.768. The van der Waals surface area contributed by atoms with E-state index in [-0.39, 0.29) is 22.0 Å². The zero-order valence-electron chi connectivity index (χ0n) is 9.16. The second-order valence-corrected chi connectivity index (χ2v) is 6.64. The molecule has 1 rings (SSSR count). The van der Waals surface area contributed by atoms with Gasteiger partial charge in [0.2, 0.25) is 0 Å². The minimum Gasteiger partial charge on any atom is -0.495 e. The summed E-state index contributed by atoms with van der Waals surface area (Å²) >= 11 is 8.54. The molecule has 0 bridgehead atoms. The predicted molar refractivity (Wildman–Crippen MR) is 68.6 cm³/mol. The van der Waals surface area contributed by atoms with Crippen LogP contribution in [-0.2, 0) is 9.84 Å². The number of sulfone groups is 1. The summed E-state index contributed by atoms with van der Waals surface area (Å²) < 4.78 is 28.8. The Labute approximate surface area is 113 Å². The van der Waals surface area contributed by atoms with Crippen molar-refractivity contribution in [2.75, 3.05) is 12.9 Å². The van der Waals surface area contributed by atoms with Gasteiger partial charge in [0.25, 0.3) is 5.24 Å². The number of benzene rings is 1. The first-order valence-corrected chi connectivity index (χ1v) is 7.46. The Morgan fingerprint density at radius 2 is 2.06 bits per heavy atom. The minimum absolute atomic E-state index is 0.0237. The number of hydrogen-bond donors (Lipinski definition) is 0. The molecule has 0 aliphatic carbocycles. The number of carbonyl (C=O) groups excluding carboxylic acids is 1. The van der Waals surface area contributed by atoms with Crippen molar-refractivity contribution in [1.82, 2.24) is 0 Å². The Hall–Kier alpha value is -0.590. The lowest BCUT2D eigenvalue weighted by Crippen LogP contribution is -2.06. The van der Waals surface area contributed by atoms with Crippen LogP contribution in [0.25, 0.3) is 0 Å². The van der Waals surface area contributed by atoms with E-state index in [9.17, 15) is 13.2 Å². The molecule has 0 amide bonds. The van der Waals surface area contributed by atoms with Crippen molar-refractivity contribution in [2.24, 2.45) is 0 Å². The van der Waals surface area contributed by atoms with E-state index in [0.29, 0.717) is 4.47 Å². The van der Waals surface area contributed by atoms with Crippen molar-refractivity contribution in [2.45, 2.75) is 11.8 Å². The third kappa shape index (κ3) is 3.00. The molecule has 1 aromatic rings. The van der Waals surface area contributed by atoms with Crippen LogP contribution in [0, 0.1) is 0 Å². The van der Waals surface area contributed by atoms with Crippen molar-refractivity contribution in [3.05, 3.63) is 22.2 Å². The van der Waals surface area contributed by atoms with Gasteiger partial charge in [0.15, 0.2) is 9.84 Å². The van der Waals surface area contributed by atoms with Gasteiger partial charge in [-0.2, -0.15) is 0 Å². The van der Waals surface area contributed by atoms with Crippen LogP contribution in [0.1, 0.15) is 17.3 Å². The Balaban J connectivity index is 3.56. The van der Waals surface area contributed by atoms with Crippen LogP contribution in [0.2, 0.25) is 0 Å². The summed E-state index contributed by atoms with van der Waals surface area (Å²) in [6.07, 6.45) is 0. The lowest BCUT2D eigenvalue weighted by Gasteiger charge is -2.10. The minimum atomic E-state index is -3.40. The van der Waals surface area contributed by atoms with Crippen LogP contribution in [0.3, 0.4) is 0 Å². The molecule has 0 heterocycles. The number of carbonyl (C=O) groups is 1. The largest absolute Gasteiger partial charge is 0.495 e. The van der Waals surface area contributed by atoms with Gasteiger partial charge in [-0.25, -0.2) is 8.42 Å². The molecular formula is C10H10BrClO4S. The second kappa shape index (κ2) is 5.37. The van der Waals surface area contributed by atoms with Gasteiger partial charge in [0.05, 0.1) is 27.8 Å². The summed E-state index contributed by atoms with van der Waals surface area (Å²) in [6.45, 7) is 1.52. The van der Waals surface area contributed by atoms with E-state index in [2.05, 4.69) is 15.9 Å². The first kappa shape index (κ1) is 14.5. The number of ether oxygens (including phenoxy) is 1.